The van der Waals surface area contributed by atoms with Gasteiger partial charge in [0.2, 0.25) is 0 Å². The Kier molecular flexibility index (Phi) is 6.20. The molecule has 1 aliphatic heterocycles. The quantitative estimate of drug-likeness (QED) is 0.730. The summed E-state index contributed by atoms with van der Waals surface area (Å²) in [5, 5.41) is 9.38. The van der Waals surface area contributed by atoms with Crippen molar-refractivity contribution < 1.29 is 14.1 Å². The maximum absolute atomic E-state index is 12.7. The van der Waals surface area contributed by atoms with E-state index in [9.17, 15) is 14.1 Å². The van der Waals surface area contributed by atoms with Crippen molar-refractivity contribution in [2.75, 3.05) is 13.1 Å². The Morgan fingerprint density at radius 2 is 1.72 bits per heavy atom. The van der Waals surface area contributed by atoms with E-state index in [1.807, 2.05) is 21.0 Å². The highest BCUT2D eigenvalue weighted by atomic mass is 32.2. The summed E-state index contributed by atoms with van der Waals surface area (Å²) in [4.78, 5) is 12.3. The SMILES string of the molecule is Cc1c(Cc2ccc(S(=O)N3CCCC3)cc2)c2c(n1CC(=O)O)CCCCC2. The molecule has 1 aliphatic carbocycles. The summed E-state index contributed by atoms with van der Waals surface area (Å²) in [5.41, 5.74) is 6.16. The fourth-order valence-corrected chi connectivity index (χ4v) is 6.04. The second-order valence-corrected chi connectivity index (χ2v) is 9.72. The van der Waals surface area contributed by atoms with Crippen LogP contribution in [-0.2, 0) is 41.6 Å². The minimum Gasteiger partial charge on any atom is -0.480 e. The van der Waals surface area contributed by atoms with E-state index < -0.39 is 17.0 Å². The van der Waals surface area contributed by atoms with Crippen LogP contribution in [-0.4, -0.2) is 37.2 Å². The molecule has 2 aliphatic rings. The fraction of sp³-hybridized carbons (Fsp3) is 0.522. The zero-order valence-electron chi connectivity index (χ0n) is 17.2. The number of hydrogen-bond donors (Lipinski definition) is 1. The van der Waals surface area contributed by atoms with E-state index in [0.717, 1.165) is 62.2 Å². The molecule has 1 atom stereocenters. The van der Waals surface area contributed by atoms with E-state index in [1.54, 1.807) is 0 Å². The molecule has 2 aromatic rings. The monoisotopic (exact) mass is 414 g/mol. The average Bonchev–Trinajstić information content (AvgIpc) is 3.24. The third kappa shape index (κ3) is 4.33. The number of fused-ring (bicyclic) bond motifs is 1. The molecule has 2 heterocycles. The van der Waals surface area contributed by atoms with Crippen molar-refractivity contribution in [1.82, 2.24) is 8.87 Å². The van der Waals surface area contributed by atoms with Crippen molar-refractivity contribution in [3.8, 4) is 0 Å². The number of aromatic nitrogens is 1. The first-order valence-corrected chi connectivity index (χ1v) is 11.8. The van der Waals surface area contributed by atoms with Gasteiger partial charge >= 0.3 is 5.97 Å². The van der Waals surface area contributed by atoms with Crippen LogP contribution in [0.5, 0.6) is 0 Å². The summed E-state index contributed by atoms with van der Waals surface area (Å²) in [7, 11) is -1.06. The molecule has 1 unspecified atom stereocenters. The maximum Gasteiger partial charge on any atom is 0.323 e. The highest BCUT2D eigenvalue weighted by Gasteiger charge is 2.23. The molecule has 1 fully saturated rings. The van der Waals surface area contributed by atoms with Crippen LogP contribution in [0.15, 0.2) is 29.2 Å². The van der Waals surface area contributed by atoms with Gasteiger partial charge in [-0.05, 0) is 80.7 Å². The molecule has 1 saturated heterocycles. The third-order valence-corrected chi connectivity index (χ3v) is 7.83. The highest BCUT2D eigenvalue weighted by Crippen LogP contribution is 2.31. The minimum atomic E-state index is -1.06. The Labute approximate surface area is 175 Å². The predicted molar refractivity (Wildman–Crippen MR) is 115 cm³/mol. The summed E-state index contributed by atoms with van der Waals surface area (Å²) >= 11 is 0. The lowest BCUT2D eigenvalue weighted by molar-refractivity contribution is -0.137. The van der Waals surface area contributed by atoms with Gasteiger partial charge in [0.15, 0.2) is 0 Å². The lowest BCUT2D eigenvalue weighted by Gasteiger charge is -2.14. The van der Waals surface area contributed by atoms with Crippen LogP contribution in [0.1, 0.15) is 60.2 Å². The summed E-state index contributed by atoms with van der Waals surface area (Å²) in [6.07, 6.45) is 8.57. The summed E-state index contributed by atoms with van der Waals surface area (Å²) in [6.45, 7) is 3.93. The molecular weight excluding hydrogens is 384 g/mol. The van der Waals surface area contributed by atoms with Gasteiger partial charge in [-0.2, -0.15) is 0 Å². The molecule has 0 radical (unpaired) electrons. The minimum absolute atomic E-state index is 0.0436. The summed E-state index contributed by atoms with van der Waals surface area (Å²) in [5.74, 6) is -0.782. The van der Waals surface area contributed by atoms with Gasteiger partial charge in [-0.1, -0.05) is 18.6 Å². The number of carboxylic acids is 1. The number of aliphatic carboxylic acids is 1. The Hall–Kier alpha value is -1.92. The Morgan fingerprint density at radius 3 is 2.41 bits per heavy atom. The van der Waals surface area contributed by atoms with Crippen LogP contribution in [0.3, 0.4) is 0 Å². The van der Waals surface area contributed by atoms with E-state index in [2.05, 4.69) is 19.1 Å². The molecule has 1 N–H and O–H groups in total. The molecule has 5 nitrogen and oxygen atoms in total. The first-order valence-electron chi connectivity index (χ1n) is 10.7. The van der Waals surface area contributed by atoms with Gasteiger partial charge in [-0.15, -0.1) is 0 Å². The standard InChI is InChI=1S/C23H30N2O3S/c1-17-21(20-7-3-2-4-8-22(20)25(17)16-23(26)27)15-18-9-11-19(12-10-18)29(28)24-13-5-6-14-24/h9-12H,2-8,13-16H2,1H3,(H,26,27). The Bertz CT molecular complexity index is 911. The van der Waals surface area contributed by atoms with Gasteiger partial charge in [0, 0.05) is 24.5 Å². The van der Waals surface area contributed by atoms with Crippen LogP contribution in [0.4, 0.5) is 0 Å². The average molecular weight is 415 g/mol. The van der Waals surface area contributed by atoms with Crippen molar-refractivity contribution in [2.24, 2.45) is 0 Å². The number of hydrogen-bond acceptors (Lipinski definition) is 2. The smallest absolute Gasteiger partial charge is 0.323 e. The van der Waals surface area contributed by atoms with E-state index in [4.69, 9.17) is 0 Å². The van der Waals surface area contributed by atoms with Crippen LogP contribution >= 0.6 is 0 Å². The van der Waals surface area contributed by atoms with E-state index in [-0.39, 0.29) is 6.54 Å². The maximum atomic E-state index is 12.7. The Morgan fingerprint density at radius 1 is 1.03 bits per heavy atom. The van der Waals surface area contributed by atoms with E-state index in [0.29, 0.717) is 0 Å². The fourth-order valence-electron chi connectivity index (χ4n) is 4.79. The molecule has 156 valence electrons. The number of rotatable bonds is 6. The Balaban J connectivity index is 1.59. The molecule has 29 heavy (non-hydrogen) atoms. The van der Waals surface area contributed by atoms with E-state index >= 15 is 0 Å². The lowest BCUT2D eigenvalue weighted by atomic mass is 9.98. The molecule has 0 spiro atoms. The van der Waals surface area contributed by atoms with Crippen LogP contribution in [0.25, 0.3) is 0 Å². The summed E-state index contributed by atoms with van der Waals surface area (Å²) < 4.78 is 16.8. The van der Waals surface area contributed by atoms with Gasteiger partial charge in [-0.25, -0.2) is 8.51 Å². The summed E-state index contributed by atoms with van der Waals surface area (Å²) in [6, 6.07) is 8.15. The second kappa shape index (κ2) is 8.84. The second-order valence-electron chi connectivity index (χ2n) is 8.24. The van der Waals surface area contributed by atoms with Crippen molar-refractivity contribution in [1.29, 1.82) is 0 Å². The molecule has 6 heteroatoms. The zero-order chi connectivity index (χ0) is 20.4. The number of benzene rings is 1. The largest absolute Gasteiger partial charge is 0.480 e. The topological polar surface area (TPSA) is 62.5 Å². The normalized spacial score (nSPS) is 18.4. The molecular formula is C23H30N2O3S. The van der Waals surface area contributed by atoms with Crippen molar-refractivity contribution in [3.05, 3.63) is 52.3 Å². The zero-order valence-corrected chi connectivity index (χ0v) is 18.0. The van der Waals surface area contributed by atoms with Gasteiger partial charge in [0.25, 0.3) is 0 Å². The molecule has 1 aromatic carbocycles. The van der Waals surface area contributed by atoms with E-state index in [1.165, 1.54) is 35.2 Å². The molecule has 4 rings (SSSR count). The lowest BCUT2D eigenvalue weighted by Crippen LogP contribution is -2.21. The molecule has 0 bridgehead atoms. The number of carboxylic acid groups (broad SMARTS) is 1. The van der Waals surface area contributed by atoms with Crippen LogP contribution < -0.4 is 0 Å². The number of nitrogens with zero attached hydrogens (tertiary/aromatic N) is 2. The van der Waals surface area contributed by atoms with Gasteiger partial charge in [0.05, 0.1) is 4.90 Å². The molecule has 1 aromatic heterocycles. The van der Waals surface area contributed by atoms with Crippen molar-refractivity contribution in [2.45, 2.75) is 69.7 Å². The first-order chi connectivity index (χ1) is 14.0. The third-order valence-electron chi connectivity index (χ3n) is 6.32. The van der Waals surface area contributed by atoms with Crippen molar-refractivity contribution in [3.63, 3.8) is 0 Å². The predicted octanol–water partition coefficient (Wildman–Crippen LogP) is 3.86. The first kappa shape index (κ1) is 20.4. The van der Waals surface area contributed by atoms with Gasteiger partial charge in [-0.3, -0.25) is 4.79 Å². The van der Waals surface area contributed by atoms with Crippen LogP contribution in [0.2, 0.25) is 0 Å². The number of carbonyl (C=O) groups is 1. The van der Waals surface area contributed by atoms with Crippen LogP contribution in [0, 0.1) is 6.92 Å². The molecule has 0 saturated carbocycles. The molecule has 0 amide bonds. The van der Waals surface area contributed by atoms with Gasteiger partial charge < -0.3 is 9.67 Å². The van der Waals surface area contributed by atoms with Gasteiger partial charge in [0.1, 0.15) is 17.5 Å². The highest BCUT2D eigenvalue weighted by molar-refractivity contribution is 7.82. The van der Waals surface area contributed by atoms with Crippen molar-refractivity contribution >= 4 is 17.0 Å².